The van der Waals surface area contributed by atoms with Gasteiger partial charge in [0, 0.05) is 45.1 Å². The Balaban J connectivity index is 1.79. The first-order chi connectivity index (χ1) is 14.8. The second-order valence-corrected chi connectivity index (χ2v) is 11.2. The summed E-state index contributed by atoms with van der Waals surface area (Å²) >= 11 is 2.23. The summed E-state index contributed by atoms with van der Waals surface area (Å²) in [5.74, 6) is 0. The summed E-state index contributed by atoms with van der Waals surface area (Å²) in [5.41, 5.74) is 4.36. The van der Waals surface area contributed by atoms with Gasteiger partial charge in [-0.15, -0.1) is 4.72 Å². The van der Waals surface area contributed by atoms with Crippen molar-refractivity contribution in [2.45, 2.75) is 38.0 Å². The molecule has 1 unspecified atom stereocenters. The highest BCUT2D eigenvalue weighted by molar-refractivity contribution is 9.10. The molecule has 2 aromatic heterocycles. The van der Waals surface area contributed by atoms with Gasteiger partial charge >= 0.3 is 0 Å². The third-order valence-electron chi connectivity index (χ3n) is 4.97. The molecule has 160 valence electrons. The molecule has 1 N–H and O–H groups in total. The van der Waals surface area contributed by atoms with Crippen molar-refractivity contribution in [3.63, 3.8) is 0 Å². The van der Waals surface area contributed by atoms with Gasteiger partial charge in [-0.2, -0.15) is 0 Å². The Hall–Kier alpha value is -2.19. The summed E-state index contributed by atoms with van der Waals surface area (Å²) < 4.78 is 22.5. The quantitative estimate of drug-likeness (QED) is 0.331. The van der Waals surface area contributed by atoms with Crippen LogP contribution >= 0.6 is 15.9 Å². The fourth-order valence-corrected chi connectivity index (χ4v) is 4.53. The van der Waals surface area contributed by atoms with E-state index in [2.05, 4.69) is 36.9 Å². The van der Waals surface area contributed by atoms with E-state index >= 15 is 0 Å². The number of nitrogens with zero attached hydrogens (tertiary/aromatic N) is 2. The molecule has 2 aromatic carbocycles. The Morgan fingerprint density at radius 3 is 2.61 bits per heavy atom. The smallest absolute Gasteiger partial charge is 0.168 e. The highest BCUT2D eigenvalue weighted by Crippen LogP contribution is 2.35. The molecular formula is C24H24BrN3O2S. The second kappa shape index (κ2) is 9.12. The molecule has 0 amide bonds. The van der Waals surface area contributed by atoms with Crippen LogP contribution in [0.25, 0.3) is 22.2 Å². The van der Waals surface area contributed by atoms with Crippen molar-refractivity contribution in [1.29, 1.82) is 0 Å². The number of hydrogen-bond donors (Lipinski definition) is 1. The number of aromatic nitrogens is 2. The molecule has 7 heteroatoms. The van der Waals surface area contributed by atoms with E-state index in [1.165, 1.54) is 0 Å². The molecule has 5 nitrogen and oxygen atoms in total. The van der Waals surface area contributed by atoms with Crippen molar-refractivity contribution in [3.05, 3.63) is 82.6 Å². The molecule has 0 spiro atoms. The zero-order chi connectivity index (χ0) is 22.0. The maximum atomic E-state index is 13.0. The summed E-state index contributed by atoms with van der Waals surface area (Å²) in [5, 5.41) is 5.30. The van der Waals surface area contributed by atoms with Crippen molar-refractivity contribution < 1.29 is 9.08 Å². The summed E-state index contributed by atoms with van der Waals surface area (Å²) in [6.07, 6.45) is 2.38. The van der Waals surface area contributed by atoms with Crippen LogP contribution in [0.5, 0.6) is 0 Å². The number of nitrogens with one attached hydrogen (secondary N) is 1. The minimum atomic E-state index is -1.25. The summed E-state index contributed by atoms with van der Waals surface area (Å²) in [6.45, 7) is 5.88. The average molecular weight is 498 g/mol. The van der Waals surface area contributed by atoms with Crippen molar-refractivity contribution >= 4 is 38.3 Å². The van der Waals surface area contributed by atoms with Gasteiger partial charge in [0.2, 0.25) is 0 Å². The summed E-state index contributed by atoms with van der Waals surface area (Å²) in [6, 6.07) is 19.6. The van der Waals surface area contributed by atoms with E-state index in [-0.39, 0.29) is 6.04 Å². The van der Waals surface area contributed by atoms with Crippen LogP contribution in [0.15, 0.2) is 75.9 Å². The minimum absolute atomic E-state index is 0.214. The monoisotopic (exact) mass is 497 g/mol. The van der Waals surface area contributed by atoms with Crippen molar-refractivity contribution in [2.75, 3.05) is 0 Å². The van der Waals surface area contributed by atoms with Gasteiger partial charge in [0.15, 0.2) is 5.58 Å². The maximum absolute atomic E-state index is 13.0. The first kappa shape index (κ1) is 22.0. The van der Waals surface area contributed by atoms with Crippen LogP contribution in [0.3, 0.4) is 0 Å². The molecule has 31 heavy (non-hydrogen) atoms. The lowest BCUT2D eigenvalue weighted by Gasteiger charge is -2.29. The molecule has 0 saturated carbocycles. The molecule has 2 heterocycles. The Morgan fingerprint density at radius 2 is 1.87 bits per heavy atom. The highest BCUT2D eigenvalue weighted by atomic mass is 79.9. The predicted octanol–water partition coefficient (Wildman–Crippen LogP) is 5.99. The lowest BCUT2D eigenvalue weighted by atomic mass is 9.94. The van der Waals surface area contributed by atoms with Crippen LogP contribution < -0.4 is 4.72 Å². The summed E-state index contributed by atoms with van der Waals surface area (Å²) in [7, 11) is 0. The van der Waals surface area contributed by atoms with E-state index < -0.39 is 16.1 Å². The molecule has 0 fully saturated rings. The summed E-state index contributed by atoms with van der Waals surface area (Å²) in [4.78, 5) is 4.49. The number of rotatable bonds is 6. The third kappa shape index (κ3) is 5.01. The van der Waals surface area contributed by atoms with Gasteiger partial charge in [-0.25, -0.2) is 0 Å². The van der Waals surface area contributed by atoms with Crippen molar-refractivity contribution in [1.82, 2.24) is 14.9 Å². The fraction of sp³-hybridized carbons (Fsp3) is 0.250. The minimum Gasteiger partial charge on any atom is -0.598 e. The van der Waals surface area contributed by atoms with Gasteiger partial charge in [0.1, 0.15) is 10.4 Å². The average Bonchev–Trinajstić information content (AvgIpc) is 3.16. The third-order valence-corrected chi connectivity index (χ3v) is 7.07. The van der Waals surface area contributed by atoms with Gasteiger partial charge in [0.05, 0.1) is 6.04 Å². The molecule has 2 atom stereocenters. The Morgan fingerprint density at radius 1 is 1.10 bits per heavy atom. The molecule has 0 radical (unpaired) electrons. The largest absolute Gasteiger partial charge is 0.598 e. The lowest BCUT2D eigenvalue weighted by molar-refractivity contribution is 0.459. The zero-order valence-corrected chi connectivity index (χ0v) is 20.0. The number of fused-ring (bicyclic) bond motifs is 1. The molecule has 0 aliphatic carbocycles. The fourth-order valence-electron chi connectivity index (χ4n) is 3.37. The van der Waals surface area contributed by atoms with E-state index in [0.717, 1.165) is 32.4 Å². The molecule has 0 aliphatic heterocycles. The topological polar surface area (TPSA) is 74.0 Å². The first-order valence-electron chi connectivity index (χ1n) is 10.0. The first-order valence-corrected chi connectivity index (χ1v) is 12.0. The van der Waals surface area contributed by atoms with Gasteiger partial charge < -0.3 is 9.08 Å². The standard InChI is InChI=1S/C24H24BrN3O2S/c1-24(2,3)31(29)28-21(15-17-8-6-7-13-26-17)18-9-4-5-10-19(18)23-20-12-11-16(25)14-22(20)30-27-23/h4-14,21,28H,15H2,1-3H3/t21-,31?/m0/s1. The molecule has 4 aromatic rings. The SMILES string of the molecule is CC(C)(C)[S+]([O-])N[C@@H](Cc1ccccn1)c1ccccc1-c1noc2cc(Br)ccc12. The van der Waals surface area contributed by atoms with Gasteiger partial charge in [-0.1, -0.05) is 51.4 Å². The van der Waals surface area contributed by atoms with E-state index in [9.17, 15) is 4.55 Å². The predicted molar refractivity (Wildman–Crippen MR) is 129 cm³/mol. The van der Waals surface area contributed by atoms with Crippen LogP contribution in [0.1, 0.15) is 38.1 Å². The number of pyridine rings is 1. The van der Waals surface area contributed by atoms with Crippen LogP contribution in [0.4, 0.5) is 0 Å². The van der Waals surface area contributed by atoms with Crippen LogP contribution in [-0.4, -0.2) is 19.4 Å². The number of halogens is 1. The van der Waals surface area contributed by atoms with Gasteiger partial charge in [-0.05, 0) is 56.7 Å². The van der Waals surface area contributed by atoms with E-state index in [1.807, 2.05) is 75.4 Å². The van der Waals surface area contributed by atoms with Crippen LogP contribution in [0.2, 0.25) is 0 Å². The zero-order valence-electron chi connectivity index (χ0n) is 17.6. The molecule has 0 aliphatic rings. The van der Waals surface area contributed by atoms with Crippen molar-refractivity contribution in [2.24, 2.45) is 0 Å². The number of benzene rings is 2. The normalized spacial score (nSPS) is 14.0. The Kier molecular flexibility index (Phi) is 6.48. The van der Waals surface area contributed by atoms with Crippen LogP contribution in [0, 0.1) is 0 Å². The molecule has 0 saturated heterocycles. The Bertz CT molecular complexity index is 1170. The molecular weight excluding hydrogens is 474 g/mol. The van der Waals surface area contributed by atoms with Crippen molar-refractivity contribution in [3.8, 4) is 11.3 Å². The van der Waals surface area contributed by atoms with Gasteiger partial charge in [0.25, 0.3) is 0 Å². The van der Waals surface area contributed by atoms with E-state index in [4.69, 9.17) is 4.52 Å². The van der Waals surface area contributed by atoms with Crippen LogP contribution in [-0.2, 0) is 17.8 Å². The molecule has 0 bridgehead atoms. The van der Waals surface area contributed by atoms with Gasteiger partial charge in [-0.3, -0.25) is 4.98 Å². The highest BCUT2D eigenvalue weighted by Gasteiger charge is 2.31. The maximum Gasteiger partial charge on any atom is 0.168 e. The molecule has 4 rings (SSSR count). The second-order valence-electron chi connectivity index (χ2n) is 8.34. The number of hydrogen-bond acceptors (Lipinski definition) is 5. The Labute approximate surface area is 193 Å². The van der Waals surface area contributed by atoms with E-state index in [1.54, 1.807) is 6.20 Å². The van der Waals surface area contributed by atoms with E-state index in [0.29, 0.717) is 12.0 Å². The lowest BCUT2D eigenvalue weighted by Crippen LogP contribution is -2.42.